The standard InChI is InChI=1S/C12H22N2O3/c1-3-17-11(15)7-6-9(2)14-12(16)10-5-4-8-13-10/h9-10,13H,3-8H2,1-2H3,(H,14,16)/t9-,10-/m0/s1. The molecule has 1 amide bonds. The number of hydrogen-bond acceptors (Lipinski definition) is 4. The van der Waals surface area contributed by atoms with Gasteiger partial charge in [-0.2, -0.15) is 0 Å². The molecule has 5 nitrogen and oxygen atoms in total. The van der Waals surface area contributed by atoms with E-state index in [1.54, 1.807) is 6.92 Å². The molecule has 17 heavy (non-hydrogen) atoms. The molecule has 2 atom stereocenters. The summed E-state index contributed by atoms with van der Waals surface area (Å²) in [6, 6.07) is -0.0469. The molecule has 0 unspecified atom stereocenters. The average molecular weight is 242 g/mol. The van der Waals surface area contributed by atoms with Crippen molar-refractivity contribution >= 4 is 11.9 Å². The summed E-state index contributed by atoms with van der Waals surface area (Å²) in [4.78, 5) is 22.9. The number of carbonyl (C=O) groups excluding carboxylic acids is 2. The zero-order valence-electron chi connectivity index (χ0n) is 10.6. The molecule has 0 aromatic heterocycles. The van der Waals surface area contributed by atoms with Crippen LogP contribution in [0.4, 0.5) is 0 Å². The molecule has 1 aliphatic rings. The van der Waals surface area contributed by atoms with Crippen molar-refractivity contribution in [3.63, 3.8) is 0 Å². The minimum atomic E-state index is -0.201. The Labute approximate surface area is 102 Å². The molecule has 0 saturated carbocycles. The van der Waals surface area contributed by atoms with E-state index in [0.717, 1.165) is 19.4 Å². The monoisotopic (exact) mass is 242 g/mol. The molecule has 1 aliphatic heterocycles. The highest BCUT2D eigenvalue weighted by molar-refractivity contribution is 5.82. The highest BCUT2D eigenvalue weighted by atomic mass is 16.5. The van der Waals surface area contributed by atoms with E-state index in [1.807, 2.05) is 6.92 Å². The molecular weight excluding hydrogens is 220 g/mol. The number of rotatable bonds is 6. The van der Waals surface area contributed by atoms with Gasteiger partial charge in [-0.05, 0) is 39.7 Å². The molecule has 0 spiro atoms. The van der Waals surface area contributed by atoms with E-state index in [4.69, 9.17) is 4.74 Å². The van der Waals surface area contributed by atoms with Gasteiger partial charge in [-0.1, -0.05) is 0 Å². The summed E-state index contributed by atoms with van der Waals surface area (Å²) in [5, 5.41) is 6.05. The van der Waals surface area contributed by atoms with Crippen molar-refractivity contribution in [1.29, 1.82) is 0 Å². The van der Waals surface area contributed by atoms with Crippen LogP contribution in [0.2, 0.25) is 0 Å². The third-order valence-corrected chi connectivity index (χ3v) is 2.85. The van der Waals surface area contributed by atoms with Crippen molar-refractivity contribution in [3.05, 3.63) is 0 Å². The number of ether oxygens (including phenoxy) is 1. The largest absolute Gasteiger partial charge is 0.466 e. The first-order chi connectivity index (χ1) is 8.13. The van der Waals surface area contributed by atoms with E-state index >= 15 is 0 Å². The van der Waals surface area contributed by atoms with Gasteiger partial charge in [0.1, 0.15) is 0 Å². The molecule has 0 aromatic carbocycles. The lowest BCUT2D eigenvalue weighted by molar-refractivity contribution is -0.143. The Morgan fingerprint density at radius 1 is 1.53 bits per heavy atom. The fourth-order valence-corrected chi connectivity index (χ4v) is 1.89. The number of esters is 1. The molecule has 1 heterocycles. The maximum Gasteiger partial charge on any atom is 0.305 e. The predicted octanol–water partition coefficient (Wildman–Crippen LogP) is 0.586. The second kappa shape index (κ2) is 7.27. The molecular formula is C12H22N2O3. The van der Waals surface area contributed by atoms with Crippen molar-refractivity contribution in [3.8, 4) is 0 Å². The Hall–Kier alpha value is -1.10. The first kappa shape index (κ1) is 14.0. The van der Waals surface area contributed by atoms with Gasteiger partial charge in [-0.3, -0.25) is 9.59 Å². The van der Waals surface area contributed by atoms with E-state index in [2.05, 4.69) is 10.6 Å². The van der Waals surface area contributed by atoms with Gasteiger partial charge >= 0.3 is 5.97 Å². The Kier molecular flexibility index (Phi) is 5.97. The number of amides is 1. The second-order valence-corrected chi connectivity index (χ2v) is 4.40. The zero-order valence-corrected chi connectivity index (χ0v) is 10.6. The number of carbonyl (C=O) groups is 2. The van der Waals surface area contributed by atoms with Crippen LogP contribution < -0.4 is 10.6 Å². The summed E-state index contributed by atoms with van der Waals surface area (Å²) >= 11 is 0. The molecule has 0 bridgehead atoms. The Morgan fingerprint density at radius 2 is 2.29 bits per heavy atom. The van der Waals surface area contributed by atoms with E-state index in [1.165, 1.54) is 0 Å². The average Bonchev–Trinajstić information content (AvgIpc) is 2.80. The van der Waals surface area contributed by atoms with Crippen LogP contribution in [0.5, 0.6) is 0 Å². The molecule has 0 radical (unpaired) electrons. The Bertz CT molecular complexity index is 262. The lowest BCUT2D eigenvalue weighted by Crippen LogP contribution is -2.44. The quantitative estimate of drug-likeness (QED) is 0.669. The minimum Gasteiger partial charge on any atom is -0.466 e. The summed E-state index contributed by atoms with van der Waals surface area (Å²) < 4.78 is 4.83. The summed E-state index contributed by atoms with van der Waals surface area (Å²) in [6.07, 6.45) is 2.93. The van der Waals surface area contributed by atoms with Gasteiger partial charge in [0.2, 0.25) is 5.91 Å². The normalized spacial score (nSPS) is 20.9. The number of hydrogen-bond donors (Lipinski definition) is 2. The van der Waals surface area contributed by atoms with Crippen LogP contribution in [0.15, 0.2) is 0 Å². The van der Waals surface area contributed by atoms with E-state index < -0.39 is 0 Å². The van der Waals surface area contributed by atoms with E-state index in [-0.39, 0.29) is 24.0 Å². The maximum atomic E-state index is 11.7. The van der Waals surface area contributed by atoms with Gasteiger partial charge in [-0.15, -0.1) is 0 Å². The molecule has 5 heteroatoms. The van der Waals surface area contributed by atoms with Crippen LogP contribution in [0.3, 0.4) is 0 Å². The van der Waals surface area contributed by atoms with Gasteiger partial charge in [0, 0.05) is 12.5 Å². The molecule has 1 rings (SSSR count). The fourth-order valence-electron chi connectivity index (χ4n) is 1.89. The first-order valence-electron chi connectivity index (χ1n) is 6.33. The van der Waals surface area contributed by atoms with Crippen molar-refractivity contribution in [2.45, 2.75) is 51.6 Å². The second-order valence-electron chi connectivity index (χ2n) is 4.40. The van der Waals surface area contributed by atoms with E-state index in [9.17, 15) is 9.59 Å². The molecule has 1 saturated heterocycles. The summed E-state index contributed by atoms with van der Waals surface area (Å²) in [5.74, 6) is -0.161. The van der Waals surface area contributed by atoms with Crippen molar-refractivity contribution in [2.24, 2.45) is 0 Å². The van der Waals surface area contributed by atoms with Crippen LogP contribution >= 0.6 is 0 Å². The lowest BCUT2D eigenvalue weighted by Gasteiger charge is -2.16. The summed E-state index contributed by atoms with van der Waals surface area (Å²) in [5.41, 5.74) is 0. The first-order valence-corrected chi connectivity index (χ1v) is 6.33. The van der Waals surface area contributed by atoms with Crippen molar-refractivity contribution in [2.75, 3.05) is 13.2 Å². The predicted molar refractivity (Wildman–Crippen MR) is 64.5 cm³/mol. The van der Waals surface area contributed by atoms with Gasteiger partial charge < -0.3 is 15.4 Å². The third kappa shape index (κ3) is 5.17. The lowest BCUT2D eigenvalue weighted by atomic mass is 10.1. The Morgan fingerprint density at radius 3 is 2.88 bits per heavy atom. The molecule has 0 aliphatic carbocycles. The third-order valence-electron chi connectivity index (χ3n) is 2.85. The zero-order chi connectivity index (χ0) is 12.7. The molecule has 98 valence electrons. The van der Waals surface area contributed by atoms with Crippen LogP contribution in [0, 0.1) is 0 Å². The van der Waals surface area contributed by atoms with Gasteiger partial charge in [0.05, 0.1) is 12.6 Å². The number of nitrogens with one attached hydrogen (secondary N) is 2. The van der Waals surface area contributed by atoms with E-state index in [0.29, 0.717) is 19.4 Å². The van der Waals surface area contributed by atoms with Gasteiger partial charge in [0.15, 0.2) is 0 Å². The SMILES string of the molecule is CCOC(=O)CC[C@H](C)NC(=O)[C@@H]1CCCN1. The summed E-state index contributed by atoms with van der Waals surface area (Å²) in [7, 11) is 0. The summed E-state index contributed by atoms with van der Waals surface area (Å²) in [6.45, 7) is 5.02. The van der Waals surface area contributed by atoms with Crippen LogP contribution in [-0.4, -0.2) is 37.1 Å². The maximum absolute atomic E-state index is 11.7. The van der Waals surface area contributed by atoms with Gasteiger partial charge in [0.25, 0.3) is 0 Å². The van der Waals surface area contributed by atoms with Crippen LogP contribution in [0.1, 0.15) is 39.5 Å². The van der Waals surface area contributed by atoms with Crippen molar-refractivity contribution in [1.82, 2.24) is 10.6 Å². The Balaban J connectivity index is 2.17. The smallest absolute Gasteiger partial charge is 0.305 e. The molecule has 1 fully saturated rings. The topological polar surface area (TPSA) is 67.4 Å². The highest BCUT2D eigenvalue weighted by Crippen LogP contribution is 2.06. The minimum absolute atomic E-state index is 0.00862. The molecule has 0 aromatic rings. The fraction of sp³-hybridized carbons (Fsp3) is 0.833. The van der Waals surface area contributed by atoms with Crippen LogP contribution in [0.25, 0.3) is 0 Å². The van der Waals surface area contributed by atoms with Crippen molar-refractivity contribution < 1.29 is 14.3 Å². The van der Waals surface area contributed by atoms with Crippen LogP contribution in [-0.2, 0) is 14.3 Å². The molecule has 2 N–H and O–H groups in total. The highest BCUT2D eigenvalue weighted by Gasteiger charge is 2.22. The van der Waals surface area contributed by atoms with Gasteiger partial charge in [-0.25, -0.2) is 0 Å².